The summed E-state index contributed by atoms with van der Waals surface area (Å²) < 4.78 is 10.0. The molecule has 2 amide bonds. The quantitative estimate of drug-likeness (QED) is 0.393. The van der Waals surface area contributed by atoms with Crippen molar-refractivity contribution < 1.29 is 33.8 Å². The summed E-state index contributed by atoms with van der Waals surface area (Å²) in [5, 5.41) is 14.3. The minimum atomic E-state index is -1.39. The molecule has 0 bridgehead atoms. The zero-order chi connectivity index (χ0) is 24.9. The predicted molar refractivity (Wildman–Crippen MR) is 125 cm³/mol. The van der Waals surface area contributed by atoms with E-state index in [1.807, 2.05) is 36.4 Å². The molecule has 0 radical (unpaired) electrons. The number of carbonyl (C=O) groups is 4. The predicted octanol–water partition coefficient (Wildman–Crippen LogP) is 2.60. The molecule has 2 aliphatic rings. The van der Waals surface area contributed by atoms with Gasteiger partial charge in [0.15, 0.2) is 0 Å². The average Bonchev–Trinajstić information content (AvgIpc) is 3.45. The second-order valence-corrected chi connectivity index (χ2v) is 8.48. The smallest absolute Gasteiger partial charge is 0.407 e. The van der Waals surface area contributed by atoms with E-state index in [4.69, 9.17) is 4.74 Å². The van der Waals surface area contributed by atoms with Crippen LogP contribution in [-0.2, 0) is 23.9 Å². The zero-order valence-corrected chi connectivity index (χ0v) is 19.1. The molecule has 182 valence electrons. The number of nitrogens with one attached hydrogen (secondary N) is 2. The van der Waals surface area contributed by atoms with Gasteiger partial charge in [-0.15, -0.1) is 0 Å². The number of rotatable bonds is 8. The van der Waals surface area contributed by atoms with Crippen molar-refractivity contribution in [3.8, 4) is 11.1 Å². The standard InChI is InChI=1S/C26H26N2O7/c1-34-23(29)13-22(25(31)32)28-24(30)15-10-11-16(12-15)27-26(33)35-14-21-19-8-4-2-6-17(19)18-7-3-5-9-20(18)21/h2-11,15-16,21-22H,12-14H2,1H3,(H,27,33)(H,28,30)(H,31,32)/t15?,16?,22-/m1/s1. The Kier molecular flexibility index (Phi) is 7.14. The Hall–Kier alpha value is -4.14. The van der Waals surface area contributed by atoms with Crippen LogP contribution in [0.2, 0.25) is 0 Å². The van der Waals surface area contributed by atoms with Gasteiger partial charge in [0.1, 0.15) is 12.6 Å². The SMILES string of the molecule is COC(=O)C[C@@H](NC(=O)C1C=CC(NC(=O)OCC2c3ccccc3-c3ccccc32)C1)C(=O)O. The topological polar surface area (TPSA) is 131 Å². The van der Waals surface area contributed by atoms with Crippen LogP contribution < -0.4 is 10.6 Å². The van der Waals surface area contributed by atoms with Gasteiger partial charge in [0.2, 0.25) is 5.91 Å². The van der Waals surface area contributed by atoms with E-state index < -0.39 is 48.4 Å². The molecule has 2 aromatic carbocycles. The number of methoxy groups -OCH3 is 1. The zero-order valence-electron chi connectivity index (χ0n) is 19.1. The number of esters is 1. The van der Waals surface area contributed by atoms with Crippen LogP contribution in [-0.4, -0.2) is 54.8 Å². The Morgan fingerprint density at radius 2 is 1.63 bits per heavy atom. The van der Waals surface area contributed by atoms with Gasteiger partial charge in [-0.3, -0.25) is 9.59 Å². The Bertz CT molecular complexity index is 1130. The van der Waals surface area contributed by atoms with Crippen molar-refractivity contribution >= 4 is 23.9 Å². The number of carboxylic acid groups (broad SMARTS) is 1. The van der Waals surface area contributed by atoms with Crippen LogP contribution in [0, 0.1) is 5.92 Å². The van der Waals surface area contributed by atoms with E-state index >= 15 is 0 Å². The molecule has 9 nitrogen and oxygen atoms in total. The maximum atomic E-state index is 12.5. The molecule has 0 aliphatic heterocycles. The van der Waals surface area contributed by atoms with Gasteiger partial charge in [0, 0.05) is 5.92 Å². The first-order valence-electron chi connectivity index (χ1n) is 11.3. The summed E-state index contributed by atoms with van der Waals surface area (Å²) in [7, 11) is 1.14. The fraction of sp³-hybridized carbons (Fsp3) is 0.308. The van der Waals surface area contributed by atoms with Gasteiger partial charge in [-0.25, -0.2) is 9.59 Å². The van der Waals surface area contributed by atoms with E-state index in [9.17, 15) is 24.3 Å². The van der Waals surface area contributed by atoms with Gasteiger partial charge in [0.25, 0.3) is 0 Å². The van der Waals surface area contributed by atoms with E-state index in [0.29, 0.717) is 0 Å². The van der Waals surface area contributed by atoms with Crippen LogP contribution in [0.3, 0.4) is 0 Å². The van der Waals surface area contributed by atoms with E-state index in [1.165, 1.54) is 0 Å². The fourth-order valence-electron chi connectivity index (χ4n) is 4.52. The summed E-state index contributed by atoms with van der Waals surface area (Å²) >= 11 is 0. The molecule has 35 heavy (non-hydrogen) atoms. The number of aliphatic carboxylic acids is 1. The van der Waals surface area contributed by atoms with Crippen LogP contribution in [0.15, 0.2) is 60.7 Å². The van der Waals surface area contributed by atoms with Crippen molar-refractivity contribution in [1.82, 2.24) is 10.6 Å². The van der Waals surface area contributed by atoms with E-state index in [-0.39, 0.29) is 18.9 Å². The summed E-state index contributed by atoms with van der Waals surface area (Å²) in [5.74, 6) is -3.33. The highest BCUT2D eigenvalue weighted by Crippen LogP contribution is 2.44. The lowest BCUT2D eigenvalue weighted by atomic mass is 9.98. The first kappa shape index (κ1) is 24.0. The van der Waals surface area contributed by atoms with Crippen molar-refractivity contribution in [2.24, 2.45) is 5.92 Å². The molecule has 0 aromatic heterocycles. The molecule has 3 atom stereocenters. The minimum absolute atomic E-state index is 0.0615. The van der Waals surface area contributed by atoms with Crippen LogP contribution >= 0.6 is 0 Å². The largest absolute Gasteiger partial charge is 0.480 e. The fourth-order valence-corrected chi connectivity index (χ4v) is 4.52. The Labute approximate surface area is 202 Å². The van der Waals surface area contributed by atoms with Crippen molar-refractivity contribution in [3.63, 3.8) is 0 Å². The first-order chi connectivity index (χ1) is 16.9. The lowest BCUT2D eigenvalue weighted by Gasteiger charge is -2.18. The van der Waals surface area contributed by atoms with Crippen molar-refractivity contribution in [2.75, 3.05) is 13.7 Å². The molecule has 0 heterocycles. The normalized spacial score (nSPS) is 18.8. The number of alkyl carbamates (subject to hydrolysis) is 1. The van der Waals surface area contributed by atoms with Crippen molar-refractivity contribution in [1.29, 1.82) is 0 Å². The van der Waals surface area contributed by atoms with Crippen LogP contribution in [0.25, 0.3) is 11.1 Å². The molecule has 3 N–H and O–H groups in total. The summed E-state index contributed by atoms with van der Waals surface area (Å²) in [6.45, 7) is 0.175. The second kappa shape index (κ2) is 10.4. The van der Waals surface area contributed by atoms with Gasteiger partial charge in [-0.05, 0) is 28.7 Å². The molecular weight excluding hydrogens is 452 g/mol. The number of carboxylic acids is 1. The first-order valence-corrected chi connectivity index (χ1v) is 11.3. The third-order valence-electron chi connectivity index (χ3n) is 6.28. The monoisotopic (exact) mass is 478 g/mol. The van der Waals surface area contributed by atoms with E-state index in [2.05, 4.69) is 27.5 Å². The third kappa shape index (κ3) is 5.34. The molecule has 0 fully saturated rings. The number of hydrogen-bond donors (Lipinski definition) is 3. The van der Waals surface area contributed by atoms with Crippen molar-refractivity contribution in [3.05, 3.63) is 71.8 Å². The van der Waals surface area contributed by atoms with Gasteiger partial charge in [-0.2, -0.15) is 0 Å². The lowest BCUT2D eigenvalue weighted by molar-refractivity contribution is -0.149. The van der Waals surface area contributed by atoms with Gasteiger partial charge < -0.3 is 25.2 Å². The average molecular weight is 479 g/mol. The maximum absolute atomic E-state index is 12.5. The minimum Gasteiger partial charge on any atom is -0.480 e. The number of amides is 2. The number of hydrogen-bond acceptors (Lipinski definition) is 6. The molecule has 2 aliphatic carbocycles. The summed E-state index contributed by atoms with van der Waals surface area (Å²) in [5.41, 5.74) is 4.49. The number of ether oxygens (including phenoxy) is 2. The Morgan fingerprint density at radius 3 is 2.23 bits per heavy atom. The van der Waals surface area contributed by atoms with Crippen LogP contribution in [0.1, 0.15) is 29.9 Å². The van der Waals surface area contributed by atoms with Crippen LogP contribution in [0.5, 0.6) is 0 Å². The van der Waals surface area contributed by atoms with Crippen LogP contribution in [0.4, 0.5) is 4.79 Å². The molecular formula is C26H26N2O7. The molecule has 2 aromatic rings. The molecule has 0 spiro atoms. The highest BCUT2D eigenvalue weighted by atomic mass is 16.5. The Morgan fingerprint density at radius 1 is 1.00 bits per heavy atom. The lowest BCUT2D eigenvalue weighted by Crippen LogP contribution is -2.45. The van der Waals surface area contributed by atoms with Crippen molar-refractivity contribution in [2.45, 2.75) is 30.8 Å². The second-order valence-electron chi connectivity index (χ2n) is 8.48. The maximum Gasteiger partial charge on any atom is 0.407 e. The molecule has 9 heteroatoms. The molecule has 4 rings (SSSR count). The highest BCUT2D eigenvalue weighted by Gasteiger charge is 2.32. The van der Waals surface area contributed by atoms with E-state index in [1.54, 1.807) is 12.2 Å². The van der Waals surface area contributed by atoms with Gasteiger partial charge >= 0.3 is 18.0 Å². The third-order valence-corrected chi connectivity index (χ3v) is 6.28. The number of benzene rings is 2. The summed E-state index contributed by atoms with van der Waals surface area (Å²) in [6.07, 6.45) is 2.44. The molecule has 0 saturated carbocycles. The molecule has 0 saturated heterocycles. The summed E-state index contributed by atoms with van der Waals surface area (Å²) in [4.78, 5) is 47.7. The Balaban J connectivity index is 1.29. The van der Waals surface area contributed by atoms with Gasteiger partial charge in [0.05, 0.1) is 25.5 Å². The number of fused-ring (bicyclic) bond motifs is 3. The molecule has 2 unspecified atom stereocenters. The highest BCUT2D eigenvalue weighted by molar-refractivity contribution is 5.89. The summed E-state index contributed by atoms with van der Waals surface area (Å²) in [6, 6.07) is 14.3. The number of carbonyl (C=O) groups excluding carboxylic acids is 3. The van der Waals surface area contributed by atoms with E-state index in [0.717, 1.165) is 29.4 Å². The van der Waals surface area contributed by atoms with Gasteiger partial charge in [-0.1, -0.05) is 60.7 Å².